The summed E-state index contributed by atoms with van der Waals surface area (Å²) < 4.78 is 48.8. The molecule has 2 N–H and O–H groups in total. The first-order chi connectivity index (χ1) is 16.8. The fourth-order valence-electron chi connectivity index (χ4n) is 4.19. The lowest BCUT2D eigenvalue weighted by atomic mass is 10.2. The molecule has 3 aromatic carbocycles. The van der Waals surface area contributed by atoms with E-state index in [2.05, 4.69) is 26.7 Å². The van der Waals surface area contributed by atoms with Crippen molar-refractivity contribution in [2.45, 2.75) is 24.3 Å². The third-order valence-electron chi connectivity index (χ3n) is 5.99. The monoisotopic (exact) mass is 533 g/mol. The first-order valence-corrected chi connectivity index (χ1v) is 13.3. The number of rotatable bonds is 7. The van der Waals surface area contributed by atoms with Crippen molar-refractivity contribution in [2.75, 3.05) is 22.7 Å². The van der Waals surface area contributed by atoms with Gasteiger partial charge in [-0.05, 0) is 54.8 Å². The van der Waals surface area contributed by atoms with Gasteiger partial charge in [-0.2, -0.15) is 0 Å². The van der Waals surface area contributed by atoms with Gasteiger partial charge < -0.3 is 14.6 Å². The first kappa shape index (κ1) is 23.8. The van der Waals surface area contributed by atoms with Gasteiger partial charge in [0.1, 0.15) is 23.1 Å². The topological polar surface area (TPSA) is 74.4 Å². The van der Waals surface area contributed by atoms with Crippen LogP contribution in [0.4, 0.5) is 15.8 Å². The minimum Gasteiger partial charge on any atom is -0.489 e. The summed E-state index contributed by atoms with van der Waals surface area (Å²) in [6.07, 6.45) is 3.92. The fourth-order valence-corrected chi connectivity index (χ4v) is 5.88. The number of fused-ring (bicyclic) bond motifs is 1. The summed E-state index contributed by atoms with van der Waals surface area (Å²) in [5.74, 6) is -0.691. The molecule has 6 nitrogen and oxygen atoms in total. The lowest BCUT2D eigenvalue weighted by Gasteiger charge is -2.17. The van der Waals surface area contributed by atoms with Gasteiger partial charge in [-0.1, -0.05) is 35.3 Å². The number of halogens is 3. The molecular formula is C25H22Cl2FN3O3S. The van der Waals surface area contributed by atoms with E-state index < -0.39 is 20.7 Å². The second-order valence-corrected chi connectivity index (χ2v) is 10.8. The number of nitrogens with one attached hydrogen (secondary N) is 2. The van der Waals surface area contributed by atoms with Crippen LogP contribution in [0.15, 0.2) is 65.7 Å². The van der Waals surface area contributed by atoms with E-state index in [-0.39, 0.29) is 18.0 Å². The van der Waals surface area contributed by atoms with E-state index in [0.29, 0.717) is 20.9 Å². The Balaban J connectivity index is 1.29. The zero-order valence-corrected chi connectivity index (χ0v) is 20.9. The molecule has 1 aliphatic rings. The maximum atomic E-state index is 14.8. The van der Waals surface area contributed by atoms with Gasteiger partial charge in [-0.25, -0.2) is 12.8 Å². The van der Waals surface area contributed by atoms with Gasteiger partial charge in [0.15, 0.2) is 0 Å². The van der Waals surface area contributed by atoms with Crippen molar-refractivity contribution in [2.24, 2.45) is 0 Å². The normalized spacial score (nSPS) is 14.0. The number of nitrogens with zero attached hydrogens (tertiary/aromatic N) is 1. The lowest BCUT2D eigenvalue weighted by Crippen LogP contribution is -2.17. The van der Waals surface area contributed by atoms with Gasteiger partial charge in [0.05, 0.1) is 21.2 Å². The first-order valence-electron chi connectivity index (χ1n) is 11.1. The van der Waals surface area contributed by atoms with E-state index in [0.717, 1.165) is 24.7 Å². The maximum Gasteiger partial charge on any atom is 0.264 e. The summed E-state index contributed by atoms with van der Waals surface area (Å²) in [6, 6.07) is 14.7. The van der Waals surface area contributed by atoms with Crippen LogP contribution in [0.2, 0.25) is 10.0 Å². The molecule has 35 heavy (non-hydrogen) atoms. The molecule has 0 radical (unpaired) electrons. The molecule has 0 unspecified atom stereocenters. The number of H-pyrrole nitrogens is 1. The van der Waals surface area contributed by atoms with Crippen molar-refractivity contribution in [3.8, 4) is 5.75 Å². The highest BCUT2D eigenvalue weighted by atomic mass is 35.5. The molecule has 1 aliphatic heterocycles. The second-order valence-electron chi connectivity index (χ2n) is 8.33. The average molecular weight is 534 g/mol. The zero-order valence-electron chi connectivity index (χ0n) is 18.5. The zero-order chi connectivity index (χ0) is 24.6. The van der Waals surface area contributed by atoms with Gasteiger partial charge in [0.2, 0.25) is 0 Å². The molecule has 0 saturated carbocycles. The second kappa shape index (κ2) is 9.60. The van der Waals surface area contributed by atoms with Crippen LogP contribution >= 0.6 is 23.2 Å². The predicted octanol–water partition coefficient (Wildman–Crippen LogP) is 6.59. The van der Waals surface area contributed by atoms with Crippen molar-refractivity contribution in [1.82, 2.24) is 4.98 Å². The number of ether oxygens (including phenoxy) is 1. The van der Waals surface area contributed by atoms with Crippen LogP contribution in [0, 0.1) is 5.82 Å². The minimum absolute atomic E-state index is 0.202. The number of sulfonamides is 1. The number of aromatic amines is 1. The molecule has 0 atom stereocenters. The molecule has 5 rings (SSSR count). The van der Waals surface area contributed by atoms with E-state index in [9.17, 15) is 12.8 Å². The summed E-state index contributed by atoms with van der Waals surface area (Å²) in [6.45, 7) is 2.38. The smallest absolute Gasteiger partial charge is 0.264 e. The van der Waals surface area contributed by atoms with Gasteiger partial charge in [0.25, 0.3) is 10.0 Å². The molecule has 0 amide bonds. The van der Waals surface area contributed by atoms with Crippen molar-refractivity contribution in [3.05, 3.63) is 82.2 Å². The Bertz CT molecular complexity index is 1480. The van der Waals surface area contributed by atoms with Crippen LogP contribution in [-0.4, -0.2) is 26.5 Å². The van der Waals surface area contributed by atoms with Crippen molar-refractivity contribution in [3.63, 3.8) is 0 Å². The minimum atomic E-state index is -4.23. The van der Waals surface area contributed by atoms with Crippen LogP contribution in [-0.2, 0) is 16.6 Å². The summed E-state index contributed by atoms with van der Waals surface area (Å²) in [4.78, 5) is 4.73. The SMILES string of the molecule is O=S(=O)(Nc1ccc(Cl)c2c(Cl)c[nH]c12)c1ccc(OCc2ccc(N3CCCC3)cc2)cc1F. The quantitative estimate of drug-likeness (QED) is 0.281. The van der Waals surface area contributed by atoms with Crippen LogP contribution in [0.3, 0.4) is 0 Å². The van der Waals surface area contributed by atoms with Crippen LogP contribution in [0.1, 0.15) is 18.4 Å². The molecule has 2 heterocycles. The molecule has 0 aliphatic carbocycles. The van der Waals surface area contributed by atoms with Crippen molar-refractivity contribution in [1.29, 1.82) is 0 Å². The largest absolute Gasteiger partial charge is 0.489 e. The number of hydrogen-bond donors (Lipinski definition) is 2. The Morgan fingerprint density at radius 1 is 1.00 bits per heavy atom. The van der Waals surface area contributed by atoms with E-state index in [1.54, 1.807) is 0 Å². The Labute approximate surface area is 212 Å². The van der Waals surface area contributed by atoms with E-state index in [1.165, 1.54) is 49.0 Å². The van der Waals surface area contributed by atoms with Crippen molar-refractivity contribution < 1.29 is 17.5 Å². The van der Waals surface area contributed by atoms with Gasteiger partial charge in [0, 0.05) is 36.4 Å². The summed E-state index contributed by atoms with van der Waals surface area (Å²) >= 11 is 12.3. The van der Waals surface area contributed by atoms with Crippen LogP contribution in [0.25, 0.3) is 10.9 Å². The van der Waals surface area contributed by atoms with E-state index in [4.69, 9.17) is 27.9 Å². The fraction of sp³-hybridized carbons (Fsp3) is 0.200. The Morgan fingerprint density at radius 2 is 1.74 bits per heavy atom. The van der Waals surface area contributed by atoms with Crippen molar-refractivity contribution >= 4 is 55.5 Å². The summed E-state index contributed by atoms with van der Waals surface area (Å²) in [5, 5.41) is 1.20. The number of aromatic nitrogens is 1. The highest BCUT2D eigenvalue weighted by molar-refractivity contribution is 7.92. The average Bonchev–Trinajstić information content (AvgIpc) is 3.51. The highest BCUT2D eigenvalue weighted by Gasteiger charge is 2.22. The van der Waals surface area contributed by atoms with Gasteiger partial charge >= 0.3 is 0 Å². The molecule has 1 fully saturated rings. The van der Waals surface area contributed by atoms with E-state index in [1.807, 2.05) is 12.1 Å². The molecule has 0 spiro atoms. The number of hydrogen-bond acceptors (Lipinski definition) is 4. The molecular weight excluding hydrogens is 512 g/mol. The molecule has 182 valence electrons. The Kier molecular flexibility index (Phi) is 6.53. The summed E-state index contributed by atoms with van der Waals surface area (Å²) in [7, 11) is -4.23. The van der Waals surface area contributed by atoms with Gasteiger partial charge in [-0.3, -0.25) is 4.72 Å². The summed E-state index contributed by atoms with van der Waals surface area (Å²) in [5.41, 5.74) is 2.72. The molecule has 4 aromatic rings. The van der Waals surface area contributed by atoms with E-state index >= 15 is 0 Å². The van der Waals surface area contributed by atoms with Crippen LogP contribution < -0.4 is 14.4 Å². The number of benzene rings is 3. The number of anilines is 2. The maximum absolute atomic E-state index is 14.8. The lowest BCUT2D eigenvalue weighted by molar-refractivity contribution is 0.304. The highest BCUT2D eigenvalue weighted by Crippen LogP contribution is 2.35. The molecule has 0 bridgehead atoms. The molecule has 1 saturated heterocycles. The molecule has 10 heteroatoms. The van der Waals surface area contributed by atoms with Crippen LogP contribution in [0.5, 0.6) is 5.75 Å². The standard InChI is InChI=1S/C25H22Cl2FN3O3S/c26-19-8-9-22(25-24(19)20(27)14-29-25)30-35(32,33)23-10-7-18(13-21(23)28)34-15-16-3-5-17(6-4-16)31-11-1-2-12-31/h3-10,13-14,29-30H,1-2,11-12,15H2. The molecule has 1 aromatic heterocycles. The third-order valence-corrected chi connectivity index (χ3v) is 8.00. The Hall–Kier alpha value is -2.94. The third kappa shape index (κ3) is 4.91. The van der Waals surface area contributed by atoms with Gasteiger partial charge in [-0.15, -0.1) is 0 Å². The predicted molar refractivity (Wildman–Crippen MR) is 138 cm³/mol. The Morgan fingerprint density at radius 3 is 2.46 bits per heavy atom.